The van der Waals surface area contributed by atoms with E-state index in [1.165, 1.54) is 16.8 Å². The summed E-state index contributed by atoms with van der Waals surface area (Å²) >= 11 is 12.3. The van der Waals surface area contributed by atoms with E-state index in [0.717, 1.165) is 16.5 Å². The summed E-state index contributed by atoms with van der Waals surface area (Å²) in [4.78, 5) is 22.9. The van der Waals surface area contributed by atoms with Crippen molar-refractivity contribution in [2.24, 2.45) is 0 Å². The number of hydrogen-bond donors (Lipinski definition) is 2. The smallest absolute Gasteiger partial charge is 0.389 e. The number of carbonyl (C=O) groups is 2. The van der Waals surface area contributed by atoms with Gasteiger partial charge in [-0.15, -0.1) is 0 Å². The molecule has 11 heteroatoms. The van der Waals surface area contributed by atoms with E-state index in [2.05, 4.69) is 10.4 Å². The van der Waals surface area contributed by atoms with Crippen molar-refractivity contribution >= 4 is 46.0 Å². The maximum atomic E-state index is 13.2. The predicted molar refractivity (Wildman–Crippen MR) is 140 cm³/mol. The van der Waals surface area contributed by atoms with Crippen LogP contribution >= 0.6 is 23.2 Å². The largest absolute Gasteiger partial charge is 0.481 e. The van der Waals surface area contributed by atoms with Gasteiger partial charge in [0.05, 0.1) is 18.0 Å². The van der Waals surface area contributed by atoms with E-state index >= 15 is 0 Å². The molecule has 4 rings (SSSR count). The standard InChI is InChI=1S/C27H22Cl2F3N3O3/c28-20-6-7-21(22(29)14-20)18-5-8-23-19(13-18)15-35(34-23)24(9-11-27(30,31)32)16-1-3-17(4-2-16)26(38)33-12-10-25(36)37/h1-8,13-15,24H,9-12H2,(H,33,38)(H,36,37). The summed E-state index contributed by atoms with van der Waals surface area (Å²) < 4.78 is 41.0. The third-order valence-corrected chi connectivity index (χ3v) is 6.51. The minimum absolute atomic E-state index is 0.0345. The molecule has 0 aliphatic rings. The molecule has 1 atom stereocenters. The van der Waals surface area contributed by atoms with Crippen molar-refractivity contribution in [1.29, 1.82) is 0 Å². The number of carbonyl (C=O) groups excluding carboxylic acids is 1. The van der Waals surface area contributed by atoms with E-state index in [1.54, 1.807) is 42.6 Å². The van der Waals surface area contributed by atoms with E-state index in [4.69, 9.17) is 28.3 Å². The highest BCUT2D eigenvalue weighted by Crippen LogP contribution is 2.34. The first-order chi connectivity index (χ1) is 18.0. The highest BCUT2D eigenvalue weighted by molar-refractivity contribution is 6.36. The van der Waals surface area contributed by atoms with Crippen LogP contribution in [0.25, 0.3) is 22.0 Å². The predicted octanol–water partition coefficient (Wildman–Crippen LogP) is 7.15. The average Bonchev–Trinajstić information content (AvgIpc) is 3.26. The van der Waals surface area contributed by atoms with Crippen LogP contribution in [-0.4, -0.2) is 39.5 Å². The summed E-state index contributed by atoms with van der Waals surface area (Å²) in [5.74, 6) is -1.51. The molecule has 0 fully saturated rings. The fourth-order valence-corrected chi connectivity index (χ4v) is 4.61. The second-order valence-electron chi connectivity index (χ2n) is 8.70. The molecule has 1 aromatic heterocycles. The molecule has 0 saturated carbocycles. The molecule has 2 N–H and O–H groups in total. The lowest BCUT2D eigenvalue weighted by atomic mass is 10.00. The average molecular weight is 564 g/mol. The van der Waals surface area contributed by atoms with Gasteiger partial charge in [-0.3, -0.25) is 14.3 Å². The van der Waals surface area contributed by atoms with Gasteiger partial charge in [-0.25, -0.2) is 0 Å². The van der Waals surface area contributed by atoms with Crippen LogP contribution in [0.3, 0.4) is 0 Å². The lowest BCUT2D eigenvalue weighted by Gasteiger charge is -2.19. The number of aliphatic carboxylic acids is 1. The summed E-state index contributed by atoms with van der Waals surface area (Å²) in [5.41, 5.74) is 2.99. The third kappa shape index (κ3) is 6.85. The van der Waals surface area contributed by atoms with Gasteiger partial charge >= 0.3 is 12.1 Å². The van der Waals surface area contributed by atoms with Gasteiger partial charge in [0.25, 0.3) is 5.91 Å². The molecule has 1 heterocycles. The van der Waals surface area contributed by atoms with Crippen LogP contribution in [0.4, 0.5) is 13.2 Å². The van der Waals surface area contributed by atoms with Crippen LogP contribution < -0.4 is 5.32 Å². The molecular weight excluding hydrogens is 542 g/mol. The summed E-state index contributed by atoms with van der Waals surface area (Å²) in [5, 5.41) is 17.4. The molecule has 0 bridgehead atoms. The number of benzene rings is 3. The summed E-state index contributed by atoms with van der Waals surface area (Å²) in [6, 6.07) is 16.0. The van der Waals surface area contributed by atoms with Gasteiger partial charge in [0.2, 0.25) is 0 Å². The number of hydrogen-bond acceptors (Lipinski definition) is 3. The number of alkyl halides is 3. The number of carboxylic acid groups (broad SMARTS) is 1. The first-order valence-corrected chi connectivity index (χ1v) is 12.4. The van der Waals surface area contributed by atoms with Gasteiger partial charge in [0.15, 0.2) is 0 Å². The zero-order valence-electron chi connectivity index (χ0n) is 19.8. The maximum absolute atomic E-state index is 13.2. The molecule has 0 aliphatic carbocycles. The molecule has 38 heavy (non-hydrogen) atoms. The van der Waals surface area contributed by atoms with Crippen LogP contribution in [0.1, 0.15) is 41.2 Å². The zero-order valence-corrected chi connectivity index (χ0v) is 21.3. The second-order valence-corrected chi connectivity index (χ2v) is 9.54. The van der Waals surface area contributed by atoms with E-state index in [9.17, 15) is 22.8 Å². The molecule has 0 aliphatic heterocycles. The molecule has 4 aromatic rings. The van der Waals surface area contributed by atoms with Crippen molar-refractivity contribution in [3.05, 3.63) is 88.0 Å². The van der Waals surface area contributed by atoms with Crippen LogP contribution in [0, 0.1) is 0 Å². The Hall–Kier alpha value is -3.56. The number of carboxylic acids is 1. The van der Waals surface area contributed by atoms with Crippen molar-refractivity contribution in [2.75, 3.05) is 6.54 Å². The summed E-state index contributed by atoms with van der Waals surface area (Å²) in [7, 11) is 0. The van der Waals surface area contributed by atoms with Gasteiger partial charge in [0, 0.05) is 45.7 Å². The molecule has 198 valence electrons. The fourth-order valence-electron chi connectivity index (χ4n) is 4.09. The SMILES string of the molecule is O=C(O)CCNC(=O)c1ccc(C(CCC(F)(F)F)n2cc3cc(-c4ccc(Cl)cc4Cl)ccc3n2)cc1. The van der Waals surface area contributed by atoms with Gasteiger partial charge < -0.3 is 10.4 Å². The van der Waals surface area contributed by atoms with Crippen LogP contribution in [-0.2, 0) is 4.79 Å². The highest BCUT2D eigenvalue weighted by atomic mass is 35.5. The summed E-state index contributed by atoms with van der Waals surface area (Å²) in [6.07, 6.45) is -4.15. The number of fused-ring (bicyclic) bond motifs is 1. The Morgan fingerprint density at radius 2 is 1.76 bits per heavy atom. The van der Waals surface area contributed by atoms with E-state index in [1.807, 2.05) is 12.1 Å². The lowest BCUT2D eigenvalue weighted by Crippen LogP contribution is -2.26. The Kier molecular flexibility index (Phi) is 8.28. The molecule has 1 unspecified atom stereocenters. The third-order valence-electron chi connectivity index (χ3n) is 5.97. The Bertz CT molecular complexity index is 1470. The van der Waals surface area contributed by atoms with Crippen molar-refractivity contribution in [3.63, 3.8) is 0 Å². The van der Waals surface area contributed by atoms with Crippen LogP contribution in [0.2, 0.25) is 10.0 Å². The second kappa shape index (κ2) is 11.4. The monoisotopic (exact) mass is 563 g/mol. The topological polar surface area (TPSA) is 84.2 Å². The van der Waals surface area contributed by atoms with E-state index in [0.29, 0.717) is 21.1 Å². The number of halogens is 5. The van der Waals surface area contributed by atoms with Crippen molar-refractivity contribution in [1.82, 2.24) is 15.1 Å². The van der Waals surface area contributed by atoms with Gasteiger partial charge in [-0.05, 0) is 53.9 Å². The molecule has 0 radical (unpaired) electrons. The molecule has 1 amide bonds. The molecule has 6 nitrogen and oxygen atoms in total. The minimum Gasteiger partial charge on any atom is -0.481 e. The molecule has 0 saturated heterocycles. The Morgan fingerprint density at radius 1 is 1.03 bits per heavy atom. The number of aromatic nitrogens is 2. The Balaban J connectivity index is 1.63. The first kappa shape index (κ1) is 27.5. The minimum atomic E-state index is -4.35. The maximum Gasteiger partial charge on any atom is 0.389 e. The molecular formula is C27H22Cl2F3N3O3. The number of nitrogens with one attached hydrogen (secondary N) is 1. The Labute approximate surface area is 226 Å². The Morgan fingerprint density at radius 3 is 2.42 bits per heavy atom. The number of amides is 1. The highest BCUT2D eigenvalue weighted by Gasteiger charge is 2.30. The van der Waals surface area contributed by atoms with E-state index < -0.39 is 30.5 Å². The molecule has 0 spiro atoms. The van der Waals surface area contributed by atoms with Crippen LogP contribution in [0.15, 0.2) is 66.9 Å². The number of nitrogens with zero attached hydrogens (tertiary/aromatic N) is 2. The van der Waals surface area contributed by atoms with Gasteiger partial charge in [0.1, 0.15) is 0 Å². The van der Waals surface area contributed by atoms with E-state index in [-0.39, 0.29) is 24.9 Å². The van der Waals surface area contributed by atoms with Gasteiger partial charge in [-0.1, -0.05) is 47.5 Å². The molecule has 3 aromatic carbocycles. The zero-order chi connectivity index (χ0) is 27.4. The first-order valence-electron chi connectivity index (χ1n) is 11.6. The van der Waals surface area contributed by atoms with Crippen molar-refractivity contribution in [3.8, 4) is 11.1 Å². The fraction of sp³-hybridized carbons (Fsp3) is 0.222. The summed E-state index contributed by atoms with van der Waals surface area (Å²) in [6.45, 7) is -0.0345. The number of rotatable bonds is 9. The van der Waals surface area contributed by atoms with Crippen molar-refractivity contribution in [2.45, 2.75) is 31.5 Å². The normalized spacial score (nSPS) is 12.4. The van der Waals surface area contributed by atoms with Gasteiger partial charge in [-0.2, -0.15) is 18.3 Å². The van der Waals surface area contributed by atoms with Crippen molar-refractivity contribution < 1.29 is 27.9 Å². The lowest BCUT2D eigenvalue weighted by molar-refractivity contribution is -0.137. The van der Waals surface area contributed by atoms with Crippen LogP contribution in [0.5, 0.6) is 0 Å². The quantitative estimate of drug-likeness (QED) is 0.226.